The zero-order valence-electron chi connectivity index (χ0n) is 18.7. The summed E-state index contributed by atoms with van der Waals surface area (Å²) in [5, 5.41) is 5.76. The predicted molar refractivity (Wildman–Crippen MR) is 139 cm³/mol. The lowest BCUT2D eigenvalue weighted by atomic mass is 9.93. The molecule has 160 valence electrons. The van der Waals surface area contributed by atoms with E-state index in [4.69, 9.17) is 11.2 Å². The second-order valence-electron chi connectivity index (χ2n) is 8.68. The van der Waals surface area contributed by atoms with Crippen LogP contribution in [0.3, 0.4) is 0 Å². The van der Waals surface area contributed by atoms with Gasteiger partial charge in [0.2, 0.25) is 0 Å². The van der Waals surface area contributed by atoms with Crippen molar-refractivity contribution in [2.75, 3.05) is 7.11 Å². The molecule has 0 aliphatic carbocycles. The topological polar surface area (TPSA) is 26.3 Å². The zero-order chi connectivity index (χ0) is 22.7. The Morgan fingerprint density at radius 1 is 0.906 bits per heavy atom. The van der Waals surface area contributed by atoms with Crippen molar-refractivity contribution in [3.05, 3.63) is 72.8 Å². The van der Waals surface area contributed by atoms with Gasteiger partial charge in [0, 0.05) is 17.5 Å². The Balaban J connectivity index is 1.97. The molecule has 0 bridgehead atoms. The van der Waals surface area contributed by atoms with Gasteiger partial charge in [-0.1, -0.05) is 95.1 Å². The van der Waals surface area contributed by atoms with E-state index in [1.165, 1.54) is 27.0 Å². The number of hydrogen-bond acceptors (Lipinski definition) is 2. The van der Waals surface area contributed by atoms with Gasteiger partial charge in [-0.3, -0.25) is 4.79 Å². The summed E-state index contributed by atoms with van der Waals surface area (Å²) in [4.78, 5) is 12.3. The molecule has 1 atom stereocenters. The Kier molecular flexibility index (Phi) is 6.31. The summed E-state index contributed by atoms with van der Waals surface area (Å²) in [6.07, 6.45) is 6.02. The molecule has 4 rings (SSSR count). The van der Waals surface area contributed by atoms with E-state index in [1.807, 2.05) is 6.07 Å². The van der Waals surface area contributed by atoms with Crippen molar-refractivity contribution in [1.82, 2.24) is 0 Å². The number of terminal acetylenes is 1. The van der Waals surface area contributed by atoms with E-state index in [-0.39, 0.29) is 17.4 Å². The number of methoxy groups -OCH3 is 1. The van der Waals surface area contributed by atoms with Crippen molar-refractivity contribution >= 4 is 41.2 Å². The summed E-state index contributed by atoms with van der Waals surface area (Å²) in [6, 6.07) is 25.4. The van der Waals surface area contributed by atoms with Crippen molar-refractivity contribution < 1.29 is 9.53 Å². The largest absolute Gasteiger partial charge is 0.496 e. The average molecular weight is 439 g/mol. The molecule has 0 saturated heterocycles. The maximum atomic E-state index is 12.3. The highest BCUT2D eigenvalue weighted by Crippen LogP contribution is 2.44. The lowest BCUT2D eigenvalue weighted by Crippen LogP contribution is -2.22. The Morgan fingerprint density at radius 2 is 1.50 bits per heavy atom. The van der Waals surface area contributed by atoms with E-state index in [9.17, 15) is 4.79 Å². The molecule has 0 saturated carbocycles. The molecule has 0 N–H and O–H groups in total. The summed E-state index contributed by atoms with van der Waals surface area (Å²) in [5.74, 6) is 3.46. The first kappa shape index (κ1) is 22.1. The third-order valence-electron chi connectivity index (χ3n) is 5.70. The molecule has 0 aliphatic rings. The maximum absolute atomic E-state index is 12.3. The molecule has 0 spiro atoms. The summed E-state index contributed by atoms with van der Waals surface area (Å²) in [7, 11) is 2.17. The van der Waals surface area contributed by atoms with Crippen LogP contribution in [0.4, 0.5) is 0 Å². The molecule has 0 aliphatic heterocycles. The van der Waals surface area contributed by atoms with Gasteiger partial charge in [-0.2, -0.15) is 0 Å². The Hall–Kier alpha value is -3.14. The molecule has 0 fully saturated rings. The summed E-state index contributed by atoms with van der Waals surface area (Å²) < 4.78 is 5.87. The van der Waals surface area contributed by atoms with Gasteiger partial charge >= 0.3 is 0 Å². The highest BCUT2D eigenvalue weighted by Gasteiger charge is 2.25. The fraction of sp³-hybridized carbons (Fsp3) is 0.207. The minimum absolute atomic E-state index is 0.120. The first-order chi connectivity index (χ1) is 15.4. The van der Waals surface area contributed by atoms with Gasteiger partial charge in [0.15, 0.2) is 0 Å². The van der Waals surface area contributed by atoms with Crippen LogP contribution in [0, 0.1) is 12.3 Å². The smallest absolute Gasteiger partial charge is 0.145 e. The van der Waals surface area contributed by atoms with Crippen molar-refractivity contribution in [3.63, 3.8) is 0 Å². The molecule has 0 heterocycles. The predicted octanol–water partition coefficient (Wildman–Crippen LogP) is 6.73. The van der Waals surface area contributed by atoms with E-state index < -0.39 is 0 Å². The Morgan fingerprint density at radius 3 is 2.12 bits per heavy atom. The minimum atomic E-state index is -0.192. The molecule has 32 heavy (non-hydrogen) atoms. The highest BCUT2D eigenvalue weighted by atomic mass is 31.1. The monoisotopic (exact) mass is 438 g/mol. The number of fused-ring (bicyclic) bond motifs is 2. The standard InChI is InChI=1S/C29H27O2P/c1-5-10-22(30)19-29(2,3)32-26-18-16-21-12-7-9-14-24(21)28(26)27-23-13-8-6-11-20(23)15-17-25(27)31-4/h1,6-9,11-18,32H,10,19H2,2-4H3. The first-order valence-corrected chi connectivity index (χ1v) is 11.7. The van der Waals surface area contributed by atoms with Gasteiger partial charge in [-0.15, -0.1) is 6.42 Å². The number of hydrogen-bond donors (Lipinski definition) is 0. The highest BCUT2D eigenvalue weighted by molar-refractivity contribution is 7.49. The molecule has 4 aromatic carbocycles. The molecule has 4 aromatic rings. The van der Waals surface area contributed by atoms with Crippen LogP contribution >= 0.6 is 8.58 Å². The van der Waals surface area contributed by atoms with Crippen LogP contribution in [-0.4, -0.2) is 18.0 Å². The normalized spacial score (nSPS) is 11.8. The van der Waals surface area contributed by atoms with Crippen LogP contribution < -0.4 is 10.0 Å². The summed E-state index contributed by atoms with van der Waals surface area (Å²) in [5.41, 5.74) is 2.29. The molecule has 3 heteroatoms. The van der Waals surface area contributed by atoms with Gasteiger partial charge < -0.3 is 4.74 Å². The molecule has 0 radical (unpaired) electrons. The fourth-order valence-electron chi connectivity index (χ4n) is 4.40. The van der Waals surface area contributed by atoms with E-state index in [0.717, 1.165) is 16.7 Å². The van der Waals surface area contributed by atoms with Gasteiger partial charge in [-0.05, 0) is 38.1 Å². The summed E-state index contributed by atoms with van der Waals surface area (Å²) >= 11 is 0. The van der Waals surface area contributed by atoms with Gasteiger partial charge in [0.25, 0.3) is 0 Å². The Labute approximate surface area is 191 Å². The van der Waals surface area contributed by atoms with E-state index >= 15 is 0 Å². The van der Waals surface area contributed by atoms with Gasteiger partial charge in [0.05, 0.1) is 13.5 Å². The van der Waals surface area contributed by atoms with Crippen molar-refractivity contribution in [2.24, 2.45) is 0 Å². The lowest BCUT2D eigenvalue weighted by Gasteiger charge is -2.27. The molecule has 0 amide bonds. The quantitative estimate of drug-likeness (QED) is 0.236. The number of ether oxygens (including phenoxy) is 1. The number of rotatable bonds is 7. The van der Waals surface area contributed by atoms with Crippen LogP contribution in [0.25, 0.3) is 32.7 Å². The van der Waals surface area contributed by atoms with Gasteiger partial charge in [-0.25, -0.2) is 0 Å². The van der Waals surface area contributed by atoms with Crippen molar-refractivity contribution in [3.8, 4) is 29.2 Å². The number of carbonyl (C=O) groups is 1. The average Bonchev–Trinajstić information content (AvgIpc) is 2.78. The van der Waals surface area contributed by atoms with E-state index in [1.54, 1.807) is 7.11 Å². The van der Waals surface area contributed by atoms with Crippen molar-refractivity contribution in [1.29, 1.82) is 0 Å². The third-order valence-corrected chi connectivity index (χ3v) is 7.24. The molecule has 1 unspecified atom stereocenters. The number of carbonyl (C=O) groups excluding carboxylic acids is 1. The zero-order valence-corrected chi connectivity index (χ0v) is 19.7. The second kappa shape index (κ2) is 9.15. The maximum Gasteiger partial charge on any atom is 0.145 e. The molecular weight excluding hydrogens is 411 g/mol. The summed E-state index contributed by atoms with van der Waals surface area (Å²) in [6.45, 7) is 4.30. The van der Waals surface area contributed by atoms with E-state index in [2.05, 4.69) is 86.5 Å². The Bertz CT molecular complexity index is 1340. The van der Waals surface area contributed by atoms with Crippen LogP contribution in [0.1, 0.15) is 26.7 Å². The second-order valence-corrected chi connectivity index (χ2v) is 10.8. The van der Waals surface area contributed by atoms with Gasteiger partial charge in [0.1, 0.15) is 11.5 Å². The molecule has 2 nitrogen and oxygen atoms in total. The molecule has 0 aromatic heterocycles. The fourth-order valence-corrected chi connectivity index (χ4v) is 5.97. The molecular formula is C29H27O2P. The van der Waals surface area contributed by atoms with Crippen LogP contribution in [-0.2, 0) is 4.79 Å². The number of Topliss-reactive ketones (excluding diaryl/α,β-unsaturated/α-hetero) is 1. The first-order valence-electron chi connectivity index (χ1n) is 10.7. The van der Waals surface area contributed by atoms with Crippen LogP contribution in [0.2, 0.25) is 0 Å². The van der Waals surface area contributed by atoms with Crippen LogP contribution in [0.15, 0.2) is 72.8 Å². The van der Waals surface area contributed by atoms with Crippen LogP contribution in [0.5, 0.6) is 5.75 Å². The van der Waals surface area contributed by atoms with Crippen molar-refractivity contribution in [2.45, 2.75) is 31.8 Å². The lowest BCUT2D eigenvalue weighted by molar-refractivity contribution is -0.118. The number of ketones is 1. The SMILES string of the molecule is C#CCC(=O)CC(C)(C)Pc1ccc2ccccc2c1-c1c(OC)ccc2ccccc12. The number of benzene rings is 4. The minimum Gasteiger partial charge on any atom is -0.496 e. The third kappa shape index (κ3) is 4.40. The van der Waals surface area contributed by atoms with E-state index in [0.29, 0.717) is 15.0 Å².